The lowest BCUT2D eigenvalue weighted by Gasteiger charge is -2.28. The Morgan fingerprint density at radius 1 is 1.06 bits per heavy atom. The average Bonchev–Trinajstić information content (AvgIpc) is 3.90. The van der Waals surface area contributed by atoms with E-state index in [1.54, 1.807) is 6.20 Å². The van der Waals surface area contributed by atoms with Crippen molar-refractivity contribution in [2.24, 2.45) is 0 Å². The molecule has 1 aliphatic heterocycles. The van der Waals surface area contributed by atoms with Gasteiger partial charge in [-0.15, -0.1) is 0 Å². The van der Waals surface area contributed by atoms with E-state index >= 15 is 0 Å². The third-order valence-corrected chi connectivity index (χ3v) is 9.74. The zero-order chi connectivity index (χ0) is 35.8. The van der Waals surface area contributed by atoms with E-state index in [-0.39, 0.29) is 12.6 Å². The summed E-state index contributed by atoms with van der Waals surface area (Å²) in [5.41, 5.74) is 5.77. The Hall–Kier alpha value is -3.33. The molecule has 1 aromatic heterocycles. The second-order valence-corrected chi connectivity index (χ2v) is 13.6. The molecule has 0 bridgehead atoms. The molecule has 5 rings (SSSR count). The SMILES string of the molecule is Cc1cc(COC2(c3cnccc3-c3ccccc3OC3COC3)CC2)c(Cl)cc1CCCCNC(=O)N(C)C[C@H](O)[C@@H](O)[C@H](O)[C@H](O)CO. The number of carbonyl (C=O) groups is 1. The Bertz CT molecular complexity index is 1590. The molecule has 2 aliphatic rings. The minimum absolute atomic E-state index is 0.0557. The van der Waals surface area contributed by atoms with Gasteiger partial charge in [0.15, 0.2) is 0 Å². The lowest BCUT2D eigenvalue weighted by molar-refractivity contribution is -0.117. The van der Waals surface area contributed by atoms with E-state index in [2.05, 4.69) is 29.4 Å². The number of unbranched alkanes of at least 4 members (excludes halogenated alkanes) is 1. The van der Waals surface area contributed by atoms with Crippen LogP contribution in [0.15, 0.2) is 54.9 Å². The highest BCUT2D eigenvalue weighted by Gasteiger charge is 2.48. The van der Waals surface area contributed by atoms with Gasteiger partial charge in [-0.25, -0.2) is 4.79 Å². The third kappa shape index (κ3) is 9.31. The number of hydrogen-bond acceptors (Lipinski definition) is 10. The lowest BCUT2D eigenvalue weighted by atomic mass is 9.96. The van der Waals surface area contributed by atoms with E-state index < -0.39 is 42.7 Å². The highest BCUT2D eigenvalue weighted by atomic mass is 35.5. The molecule has 1 aliphatic carbocycles. The molecule has 272 valence electrons. The number of aromatic nitrogens is 1. The van der Waals surface area contributed by atoms with Crippen molar-refractivity contribution in [3.05, 3.63) is 82.1 Å². The van der Waals surface area contributed by atoms with E-state index in [4.69, 9.17) is 30.9 Å². The number of hydrogen-bond donors (Lipinski definition) is 6. The average molecular weight is 714 g/mol. The minimum Gasteiger partial charge on any atom is -0.485 e. The molecule has 2 heterocycles. The van der Waals surface area contributed by atoms with E-state index in [9.17, 15) is 25.2 Å². The highest BCUT2D eigenvalue weighted by molar-refractivity contribution is 6.31. The maximum atomic E-state index is 12.4. The summed E-state index contributed by atoms with van der Waals surface area (Å²) >= 11 is 6.78. The van der Waals surface area contributed by atoms with Gasteiger partial charge in [-0.3, -0.25) is 4.98 Å². The van der Waals surface area contributed by atoms with Crippen LogP contribution in [0.1, 0.15) is 47.9 Å². The summed E-state index contributed by atoms with van der Waals surface area (Å²) in [5, 5.41) is 51.7. The maximum absolute atomic E-state index is 12.4. The van der Waals surface area contributed by atoms with Crippen molar-refractivity contribution in [2.45, 2.75) is 81.8 Å². The number of aryl methyl sites for hydroxylation is 2. The number of nitrogens with zero attached hydrogens (tertiary/aromatic N) is 2. The predicted octanol–water partition coefficient (Wildman–Crippen LogP) is 3.09. The first-order chi connectivity index (χ1) is 24.0. The van der Waals surface area contributed by atoms with E-state index in [0.29, 0.717) is 37.8 Å². The molecule has 0 spiro atoms. The van der Waals surface area contributed by atoms with Gasteiger partial charge in [-0.05, 0) is 79.5 Å². The van der Waals surface area contributed by atoms with Crippen molar-refractivity contribution < 1.29 is 44.5 Å². The molecule has 50 heavy (non-hydrogen) atoms. The van der Waals surface area contributed by atoms with Crippen LogP contribution < -0.4 is 10.1 Å². The van der Waals surface area contributed by atoms with Crippen molar-refractivity contribution in [3.63, 3.8) is 0 Å². The van der Waals surface area contributed by atoms with Gasteiger partial charge in [0.05, 0.1) is 38.6 Å². The zero-order valence-electron chi connectivity index (χ0n) is 28.5. The second kappa shape index (κ2) is 17.3. The number of aliphatic hydroxyl groups is 5. The number of benzene rings is 2. The number of pyridine rings is 1. The number of aliphatic hydroxyl groups excluding tert-OH is 5. The van der Waals surface area contributed by atoms with Crippen LogP contribution in [0.2, 0.25) is 5.02 Å². The van der Waals surface area contributed by atoms with Crippen molar-refractivity contribution in [1.82, 2.24) is 15.2 Å². The van der Waals surface area contributed by atoms with E-state index in [1.165, 1.54) is 11.9 Å². The van der Waals surface area contributed by atoms with Gasteiger partial charge in [0.25, 0.3) is 0 Å². The van der Waals surface area contributed by atoms with Crippen LogP contribution in [0.4, 0.5) is 4.79 Å². The quantitative estimate of drug-likeness (QED) is 0.108. The zero-order valence-corrected chi connectivity index (χ0v) is 29.3. The van der Waals surface area contributed by atoms with Crippen molar-refractivity contribution in [2.75, 3.05) is 40.0 Å². The molecule has 1 saturated heterocycles. The largest absolute Gasteiger partial charge is 0.485 e. The predicted molar refractivity (Wildman–Crippen MR) is 187 cm³/mol. The molecule has 0 radical (unpaired) electrons. The molecule has 12 nitrogen and oxygen atoms in total. The van der Waals surface area contributed by atoms with Gasteiger partial charge >= 0.3 is 6.03 Å². The Kier molecular flexibility index (Phi) is 13.1. The summed E-state index contributed by atoms with van der Waals surface area (Å²) in [4.78, 5) is 18.1. The number of nitrogens with one attached hydrogen (secondary N) is 1. The molecular weight excluding hydrogens is 666 g/mol. The van der Waals surface area contributed by atoms with E-state index in [1.807, 2.05) is 36.5 Å². The first-order valence-corrected chi connectivity index (χ1v) is 17.4. The fourth-order valence-corrected chi connectivity index (χ4v) is 6.28. The van der Waals surface area contributed by atoms with Crippen LogP contribution in [-0.2, 0) is 28.1 Å². The van der Waals surface area contributed by atoms with Gasteiger partial charge in [0.2, 0.25) is 0 Å². The van der Waals surface area contributed by atoms with Gasteiger partial charge in [-0.2, -0.15) is 0 Å². The Labute approximate surface area is 297 Å². The van der Waals surface area contributed by atoms with Crippen LogP contribution in [0, 0.1) is 6.92 Å². The molecule has 2 aromatic carbocycles. The Morgan fingerprint density at radius 2 is 1.80 bits per heavy atom. The molecule has 2 fully saturated rings. The third-order valence-electron chi connectivity index (χ3n) is 9.39. The summed E-state index contributed by atoms with van der Waals surface area (Å²) in [6, 6.07) is 13.7. The first-order valence-electron chi connectivity index (χ1n) is 17.0. The fourth-order valence-electron chi connectivity index (χ4n) is 6.03. The van der Waals surface area contributed by atoms with Gasteiger partial charge in [0.1, 0.15) is 36.3 Å². The highest BCUT2D eigenvalue weighted by Crippen LogP contribution is 2.53. The molecule has 0 unspecified atom stereocenters. The number of carbonyl (C=O) groups excluding carboxylic acids is 1. The molecule has 4 atom stereocenters. The molecular formula is C37H48ClN3O9. The standard InChI is InChI=1S/C37H48ClN3O9/c1-23-15-25(30(38)16-24(23)7-5-6-13-40-36(47)41(2)18-31(43)34(45)35(46)32(44)19-42)20-49-37(11-12-37)29-17-39-14-10-27(29)28-8-3-4-9-33(28)50-26-21-48-22-26/h3-4,8-10,14-17,26,31-32,34-35,42-46H,5-7,11-13,18-22H2,1-2H3,(H,40,47)/t31-,32+,34+,35+/m0/s1. The van der Waals surface area contributed by atoms with Crippen molar-refractivity contribution >= 4 is 17.6 Å². The van der Waals surface area contributed by atoms with Crippen molar-refractivity contribution in [3.8, 4) is 16.9 Å². The van der Waals surface area contributed by atoms with E-state index in [0.717, 1.165) is 64.8 Å². The van der Waals surface area contributed by atoms with Crippen LogP contribution in [0.3, 0.4) is 0 Å². The number of urea groups is 1. The van der Waals surface area contributed by atoms with Gasteiger partial charge in [0, 0.05) is 42.1 Å². The summed E-state index contributed by atoms with van der Waals surface area (Å²) < 4.78 is 18.2. The summed E-state index contributed by atoms with van der Waals surface area (Å²) in [6.45, 7) is 2.95. The number of ether oxygens (including phenoxy) is 3. The second-order valence-electron chi connectivity index (χ2n) is 13.2. The van der Waals surface area contributed by atoms with Crippen LogP contribution in [0.25, 0.3) is 11.1 Å². The summed E-state index contributed by atoms with van der Waals surface area (Å²) in [6.07, 6.45) is 1.19. The number of likely N-dealkylation sites (N-methyl/N-ethyl adjacent to an activating group) is 1. The molecule has 6 N–H and O–H groups in total. The van der Waals surface area contributed by atoms with Crippen LogP contribution >= 0.6 is 11.6 Å². The maximum Gasteiger partial charge on any atom is 0.317 e. The van der Waals surface area contributed by atoms with Gasteiger partial charge < -0.3 is 50.0 Å². The summed E-state index contributed by atoms with van der Waals surface area (Å²) in [7, 11) is 1.44. The number of rotatable bonds is 18. The van der Waals surface area contributed by atoms with Gasteiger partial charge in [-0.1, -0.05) is 35.9 Å². The Balaban J connectivity index is 1.11. The van der Waals surface area contributed by atoms with Crippen LogP contribution in [0.5, 0.6) is 5.75 Å². The topological polar surface area (TPSA) is 174 Å². The number of halogens is 1. The molecule has 13 heteroatoms. The molecule has 2 amide bonds. The Morgan fingerprint density at radius 3 is 2.50 bits per heavy atom. The lowest BCUT2D eigenvalue weighted by Crippen LogP contribution is -2.51. The van der Waals surface area contributed by atoms with Crippen molar-refractivity contribution in [1.29, 1.82) is 0 Å². The summed E-state index contributed by atoms with van der Waals surface area (Å²) in [5.74, 6) is 0.818. The molecule has 3 aromatic rings. The smallest absolute Gasteiger partial charge is 0.317 e. The number of amides is 2. The van der Waals surface area contributed by atoms with Crippen LogP contribution in [-0.4, -0.2) is 112 Å². The minimum atomic E-state index is -1.75. The first kappa shape index (κ1) is 37.9. The fraction of sp³-hybridized carbons (Fsp3) is 0.514. The monoisotopic (exact) mass is 713 g/mol. The molecule has 1 saturated carbocycles. The normalized spacial score (nSPS) is 17.7. The number of para-hydroxylation sites is 1.